The van der Waals surface area contributed by atoms with E-state index in [0.29, 0.717) is 28.3 Å². The number of benzene rings is 1. The van der Waals surface area contributed by atoms with Crippen LogP contribution in [0.2, 0.25) is 0 Å². The minimum Gasteiger partial charge on any atom is -0.317 e. The number of aromatic amines is 1. The van der Waals surface area contributed by atoms with E-state index in [1.807, 2.05) is 29.8 Å². The molecule has 3 aromatic heterocycles. The molecule has 26 heavy (non-hydrogen) atoms. The second-order valence-electron chi connectivity index (χ2n) is 6.74. The summed E-state index contributed by atoms with van der Waals surface area (Å²) in [5.41, 5.74) is 2.54. The Morgan fingerprint density at radius 2 is 2.00 bits per heavy atom. The van der Waals surface area contributed by atoms with Crippen LogP contribution in [0.1, 0.15) is 24.3 Å². The summed E-state index contributed by atoms with van der Waals surface area (Å²) in [4.78, 5) is 24.7. The molecule has 2 N–H and O–H groups in total. The number of thiophene rings is 1. The van der Waals surface area contributed by atoms with E-state index < -0.39 is 0 Å². The van der Waals surface area contributed by atoms with Gasteiger partial charge in [-0.15, -0.1) is 11.3 Å². The highest BCUT2D eigenvalue weighted by Gasteiger charge is 2.16. The lowest BCUT2D eigenvalue weighted by Crippen LogP contribution is -2.26. The summed E-state index contributed by atoms with van der Waals surface area (Å²) in [5.74, 6) is 1.03. The second kappa shape index (κ2) is 6.30. The average Bonchev–Trinajstić information content (AvgIpc) is 3.16. The van der Waals surface area contributed by atoms with Gasteiger partial charge >= 0.3 is 0 Å². The van der Waals surface area contributed by atoms with Crippen molar-refractivity contribution in [2.24, 2.45) is 0 Å². The van der Waals surface area contributed by atoms with Crippen LogP contribution in [0.5, 0.6) is 0 Å². The largest absolute Gasteiger partial charge is 0.317 e. The smallest absolute Gasteiger partial charge is 0.259 e. The van der Waals surface area contributed by atoms with Gasteiger partial charge in [0.1, 0.15) is 5.69 Å². The first-order chi connectivity index (χ1) is 12.8. The first-order valence-electron chi connectivity index (χ1n) is 8.86. The molecule has 1 aliphatic heterocycles. The Kier molecular flexibility index (Phi) is 3.80. The van der Waals surface area contributed by atoms with Crippen LogP contribution in [-0.2, 0) is 0 Å². The van der Waals surface area contributed by atoms with Crippen molar-refractivity contribution in [2.45, 2.75) is 18.8 Å². The van der Waals surface area contributed by atoms with Gasteiger partial charge in [-0.3, -0.25) is 9.78 Å². The number of H-pyrrole nitrogens is 1. The van der Waals surface area contributed by atoms with Crippen LogP contribution in [-0.4, -0.2) is 28.0 Å². The van der Waals surface area contributed by atoms with E-state index in [2.05, 4.69) is 32.4 Å². The molecule has 0 bridgehead atoms. The Morgan fingerprint density at radius 3 is 2.88 bits per heavy atom. The van der Waals surface area contributed by atoms with Crippen molar-refractivity contribution in [3.63, 3.8) is 0 Å². The third kappa shape index (κ3) is 2.71. The van der Waals surface area contributed by atoms with Gasteiger partial charge in [-0.2, -0.15) is 0 Å². The van der Waals surface area contributed by atoms with Crippen LogP contribution in [0.4, 0.5) is 0 Å². The molecule has 0 atom stereocenters. The maximum Gasteiger partial charge on any atom is 0.259 e. The van der Waals surface area contributed by atoms with Crippen molar-refractivity contribution in [1.82, 2.24) is 20.3 Å². The molecule has 5 nitrogen and oxygen atoms in total. The zero-order chi connectivity index (χ0) is 17.5. The van der Waals surface area contributed by atoms with Gasteiger partial charge in [-0.1, -0.05) is 6.07 Å². The summed E-state index contributed by atoms with van der Waals surface area (Å²) in [7, 11) is 0. The number of rotatable bonds is 2. The number of nitrogens with zero attached hydrogens (tertiary/aromatic N) is 2. The molecule has 0 saturated carbocycles. The predicted molar refractivity (Wildman–Crippen MR) is 106 cm³/mol. The quantitative estimate of drug-likeness (QED) is 0.571. The van der Waals surface area contributed by atoms with E-state index >= 15 is 0 Å². The first-order valence-corrected chi connectivity index (χ1v) is 9.74. The minimum absolute atomic E-state index is 0.104. The third-order valence-electron chi connectivity index (χ3n) is 5.12. The lowest BCUT2D eigenvalue weighted by molar-refractivity contribution is 0.460. The highest BCUT2D eigenvalue weighted by Crippen LogP contribution is 2.28. The van der Waals surface area contributed by atoms with Gasteiger partial charge in [0.15, 0.2) is 5.82 Å². The summed E-state index contributed by atoms with van der Waals surface area (Å²) >= 11 is 1.65. The standard InChI is InChI=1S/C20H18N4OS/c25-20-15-9-13(12-3-6-21-7-4-12)1-2-16(15)23-19(24-20)17-10-14-5-8-26-18(14)11-22-17/h1-2,5,8-12,21H,3-4,6-7H2,(H,23,24,25). The number of piperidine rings is 1. The molecule has 4 heterocycles. The molecule has 6 heteroatoms. The monoisotopic (exact) mass is 362 g/mol. The van der Waals surface area contributed by atoms with E-state index in [9.17, 15) is 4.79 Å². The lowest BCUT2D eigenvalue weighted by Gasteiger charge is -2.23. The summed E-state index contributed by atoms with van der Waals surface area (Å²) in [6.07, 6.45) is 4.05. The predicted octanol–water partition coefficient (Wildman–Crippen LogP) is 3.67. The fraction of sp³-hybridized carbons (Fsp3) is 0.250. The zero-order valence-corrected chi connectivity index (χ0v) is 15.0. The summed E-state index contributed by atoms with van der Waals surface area (Å²) in [6.45, 7) is 2.07. The highest BCUT2D eigenvalue weighted by atomic mass is 32.1. The number of hydrogen-bond donors (Lipinski definition) is 2. The molecule has 1 saturated heterocycles. The average molecular weight is 362 g/mol. The van der Waals surface area contributed by atoms with Crippen LogP contribution in [0.3, 0.4) is 0 Å². The topological polar surface area (TPSA) is 70.7 Å². The summed E-state index contributed by atoms with van der Waals surface area (Å²) in [5, 5.41) is 7.19. The van der Waals surface area contributed by atoms with Crippen LogP contribution in [0, 0.1) is 0 Å². The van der Waals surface area contributed by atoms with Crippen LogP contribution < -0.4 is 10.9 Å². The van der Waals surface area contributed by atoms with Gasteiger partial charge in [-0.25, -0.2) is 4.98 Å². The van der Waals surface area contributed by atoms with Crippen LogP contribution >= 0.6 is 11.3 Å². The third-order valence-corrected chi connectivity index (χ3v) is 5.99. The van der Waals surface area contributed by atoms with E-state index in [0.717, 1.165) is 36.0 Å². The van der Waals surface area contributed by atoms with E-state index in [-0.39, 0.29) is 5.56 Å². The second-order valence-corrected chi connectivity index (χ2v) is 7.69. The van der Waals surface area contributed by atoms with E-state index in [1.165, 1.54) is 5.56 Å². The van der Waals surface area contributed by atoms with Gasteiger partial charge in [0.2, 0.25) is 0 Å². The Bertz CT molecular complexity index is 1160. The molecule has 4 aromatic rings. The Balaban J connectivity index is 1.59. The fourth-order valence-electron chi connectivity index (χ4n) is 3.68. The number of hydrogen-bond acceptors (Lipinski definition) is 5. The zero-order valence-electron chi connectivity index (χ0n) is 14.2. The molecule has 0 radical (unpaired) electrons. The van der Waals surface area contributed by atoms with Crippen molar-refractivity contribution in [3.05, 3.63) is 57.8 Å². The number of nitrogens with one attached hydrogen (secondary N) is 2. The Labute approximate surface area is 154 Å². The van der Waals surface area contributed by atoms with E-state index in [1.54, 1.807) is 11.3 Å². The van der Waals surface area contributed by atoms with Gasteiger partial charge in [-0.05, 0) is 72.4 Å². The number of fused-ring (bicyclic) bond motifs is 2. The van der Waals surface area contributed by atoms with Crippen molar-refractivity contribution >= 4 is 32.3 Å². The molecule has 0 aliphatic carbocycles. The van der Waals surface area contributed by atoms with Gasteiger partial charge in [0.25, 0.3) is 5.56 Å². The number of pyridine rings is 1. The van der Waals surface area contributed by atoms with Crippen LogP contribution in [0.15, 0.2) is 46.7 Å². The first kappa shape index (κ1) is 15.7. The van der Waals surface area contributed by atoms with Gasteiger partial charge in [0.05, 0.1) is 15.6 Å². The molecule has 5 rings (SSSR count). The Morgan fingerprint density at radius 1 is 1.12 bits per heavy atom. The SMILES string of the molecule is O=c1[nH]c(-c2cc3ccsc3cn2)nc2ccc(C3CCNCC3)cc12. The molecule has 1 aromatic carbocycles. The van der Waals surface area contributed by atoms with Crippen molar-refractivity contribution in [2.75, 3.05) is 13.1 Å². The molecular weight excluding hydrogens is 344 g/mol. The highest BCUT2D eigenvalue weighted by molar-refractivity contribution is 7.17. The summed E-state index contributed by atoms with van der Waals surface area (Å²) in [6, 6.07) is 10.1. The molecule has 0 amide bonds. The maximum atomic E-state index is 12.7. The molecule has 130 valence electrons. The van der Waals surface area contributed by atoms with Crippen molar-refractivity contribution in [1.29, 1.82) is 0 Å². The lowest BCUT2D eigenvalue weighted by atomic mass is 9.89. The number of aromatic nitrogens is 3. The maximum absolute atomic E-state index is 12.7. The van der Waals surface area contributed by atoms with E-state index in [4.69, 9.17) is 0 Å². The van der Waals surface area contributed by atoms with Crippen molar-refractivity contribution in [3.8, 4) is 11.5 Å². The molecule has 1 fully saturated rings. The Hall–Kier alpha value is -2.57. The van der Waals surface area contributed by atoms with Crippen molar-refractivity contribution < 1.29 is 0 Å². The molecular formula is C20H18N4OS. The molecule has 0 unspecified atom stereocenters. The van der Waals surface area contributed by atoms with Crippen LogP contribution in [0.25, 0.3) is 32.5 Å². The summed E-state index contributed by atoms with van der Waals surface area (Å²) < 4.78 is 1.13. The molecule has 0 spiro atoms. The molecule has 1 aliphatic rings. The minimum atomic E-state index is -0.104. The normalized spacial score (nSPS) is 15.7. The van der Waals surface area contributed by atoms with Gasteiger partial charge < -0.3 is 10.3 Å². The van der Waals surface area contributed by atoms with Gasteiger partial charge in [0, 0.05) is 6.20 Å². The fourth-order valence-corrected chi connectivity index (χ4v) is 4.42.